The lowest BCUT2D eigenvalue weighted by molar-refractivity contribution is -0.132. The SMILES string of the molecule is CC(C)N1C(=O)N[C@@]2(CCN(CCOc3ccccc3C#N)C2)C1=O. The predicted molar refractivity (Wildman–Crippen MR) is 91.0 cm³/mol. The Bertz CT molecular complexity index is 727. The zero-order valence-electron chi connectivity index (χ0n) is 14.5. The fourth-order valence-corrected chi connectivity index (χ4v) is 3.44. The number of urea groups is 1. The lowest BCUT2D eigenvalue weighted by Crippen LogP contribution is -2.49. The minimum atomic E-state index is -0.800. The van der Waals surface area contributed by atoms with E-state index in [2.05, 4.69) is 16.3 Å². The number of rotatable bonds is 5. The summed E-state index contributed by atoms with van der Waals surface area (Å²) in [5, 5.41) is 11.9. The van der Waals surface area contributed by atoms with Gasteiger partial charge in [-0.15, -0.1) is 0 Å². The first kappa shape index (κ1) is 17.2. The van der Waals surface area contributed by atoms with Gasteiger partial charge >= 0.3 is 6.03 Å². The van der Waals surface area contributed by atoms with E-state index in [4.69, 9.17) is 10.00 Å². The zero-order chi connectivity index (χ0) is 18.0. The van der Waals surface area contributed by atoms with Crippen molar-refractivity contribution in [1.82, 2.24) is 15.1 Å². The van der Waals surface area contributed by atoms with Crippen molar-refractivity contribution in [3.8, 4) is 11.8 Å². The van der Waals surface area contributed by atoms with Gasteiger partial charge in [-0.1, -0.05) is 12.1 Å². The summed E-state index contributed by atoms with van der Waals surface area (Å²) in [6.07, 6.45) is 0.607. The molecule has 1 aromatic carbocycles. The summed E-state index contributed by atoms with van der Waals surface area (Å²) in [5.41, 5.74) is -0.294. The van der Waals surface area contributed by atoms with Crippen molar-refractivity contribution in [2.45, 2.75) is 31.8 Å². The number of hydrogen-bond acceptors (Lipinski definition) is 5. The van der Waals surface area contributed by atoms with Gasteiger partial charge in [0, 0.05) is 25.7 Å². The van der Waals surface area contributed by atoms with Crippen molar-refractivity contribution in [2.75, 3.05) is 26.2 Å². The smallest absolute Gasteiger partial charge is 0.325 e. The van der Waals surface area contributed by atoms with Gasteiger partial charge in [-0.2, -0.15) is 5.26 Å². The Hall–Kier alpha value is -2.59. The largest absolute Gasteiger partial charge is 0.491 e. The van der Waals surface area contributed by atoms with Crippen molar-refractivity contribution in [3.63, 3.8) is 0 Å². The van der Waals surface area contributed by atoms with E-state index in [9.17, 15) is 9.59 Å². The van der Waals surface area contributed by atoms with Gasteiger partial charge in [0.15, 0.2) is 0 Å². The molecule has 0 bridgehead atoms. The van der Waals surface area contributed by atoms with Crippen LogP contribution >= 0.6 is 0 Å². The van der Waals surface area contributed by atoms with Crippen LogP contribution in [-0.2, 0) is 4.79 Å². The fraction of sp³-hybridized carbons (Fsp3) is 0.500. The Balaban J connectivity index is 1.56. The van der Waals surface area contributed by atoms with Crippen LogP contribution in [0.3, 0.4) is 0 Å². The number of para-hydroxylation sites is 1. The van der Waals surface area contributed by atoms with Crippen LogP contribution in [0.5, 0.6) is 5.75 Å². The van der Waals surface area contributed by atoms with E-state index in [1.165, 1.54) is 4.90 Å². The van der Waals surface area contributed by atoms with Gasteiger partial charge in [-0.25, -0.2) is 4.79 Å². The van der Waals surface area contributed by atoms with Gasteiger partial charge in [-0.3, -0.25) is 14.6 Å². The van der Waals surface area contributed by atoms with E-state index in [1.54, 1.807) is 18.2 Å². The molecule has 0 unspecified atom stereocenters. The van der Waals surface area contributed by atoms with E-state index in [0.717, 1.165) is 6.54 Å². The average molecular weight is 342 g/mol. The molecule has 2 saturated heterocycles. The highest BCUT2D eigenvalue weighted by Crippen LogP contribution is 2.29. The number of nitrogens with one attached hydrogen (secondary N) is 1. The molecule has 2 heterocycles. The molecule has 132 valence electrons. The first-order valence-corrected chi connectivity index (χ1v) is 8.47. The average Bonchev–Trinajstić information content (AvgIpc) is 3.09. The van der Waals surface area contributed by atoms with Crippen molar-refractivity contribution in [2.24, 2.45) is 0 Å². The van der Waals surface area contributed by atoms with E-state index >= 15 is 0 Å². The monoisotopic (exact) mass is 342 g/mol. The third-order valence-corrected chi connectivity index (χ3v) is 4.73. The zero-order valence-corrected chi connectivity index (χ0v) is 14.5. The van der Waals surface area contributed by atoms with Crippen LogP contribution in [-0.4, -0.2) is 59.6 Å². The molecule has 0 aliphatic carbocycles. The number of amides is 3. The maximum atomic E-state index is 12.7. The molecule has 3 rings (SSSR count). The second-order valence-corrected chi connectivity index (χ2v) is 6.76. The number of nitriles is 1. The number of imide groups is 1. The highest BCUT2D eigenvalue weighted by molar-refractivity contribution is 6.07. The third-order valence-electron chi connectivity index (χ3n) is 4.73. The minimum absolute atomic E-state index is 0.134. The quantitative estimate of drug-likeness (QED) is 0.816. The number of ether oxygens (including phenoxy) is 1. The lowest BCUT2D eigenvalue weighted by Gasteiger charge is -2.23. The van der Waals surface area contributed by atoms with E-state index < -0.39 is 5.54 Å². The van der Waals surface area contributed by atoms with Crippen molar-refractivity contribution < 1.29 is 14.3 Å². The molecular formula is C18H22N4O3. The molecule has 0 aromatic heterocycles. The highest BCUT2D eigenvalue weighted by atomic mass is 16.5. The first-order valence-electron chi connectivity index (χ1n) is 8.47. The van der Waals surface area contributed by atoms with Crippen molar-refractivity contribution in [3.05, 3.63) is 29.8 Å². The van der Waals surface area contributed by atoms with Gasteiger partial charge in [0.25, 0.3) is 5.91 Å². The van der Waals surface area contributed by atoms with Gasteiger partial charge in [0.1, 0.15) is 24.0 Å². The number of carbonyl (C=O) groups excluding carboxylic acids is 2. The maximum absolute atomic E-state index is 12.7. The fourth-order valence-electron chi connectivity index (χ4n) is 3.44. The number of carbonyl (C=O) groups is 2. The molecule has 0 radical (unpaired) electrons. The molecule has 7 nitrogen and oxygen atoms in total. The molecule has 1 spiro atoms. The normalized spacial score (nSPS) is 23.4. The van der Waals surface area contributed by atoms with Gasteiger partial charge in [-0.05, 0) is 32.4 Å². The van der Waals surface area contributed by atoms with Gasteiger partial charge in [0.2, 0.25) is 0 Å². The van der Waals surface area contributed by atoms with Crippen LogP contribution in [0.25, 0.3) is 0 Å². The summed E-state index contributed by atoms with van der Waals surface area (Å²) in [6, 6.07) is 8.76. The molecule has 7 heteroatoms. The van der Waals surface area contributed by atoms with Crippen LogP contribution < -0.4 is 10.1 Å². The molecule has 3 amide bonds. The molecular weight excluding hydrogens is 320 g/mol. The number of nitrogens with zero attached hydrogens (tertiary/aromatic N) is 3. The molecule has 1 aromatic rings. The summed E-state index contributed by atoms with van der Waals surface area (Å²) in [7, 11) is 0. The number of hydrogen-bond donors (Lipinski definition) is 1. The highest BCUT2D eigenvalue weighted by Gasteiger charge is 2.55. The second-order valence-electron chi connectivity index (χ2n) is 6.76. The predicted octanol–water partition coefficient (Wildman–Crippen LogP) is 1.34. The summed E-state index contributed by atoms with van der Waals surface area (Å²) in [4.78, 5) is 28.2. The molecule has 2 aliphatic heterocycles. The topological polar surface area (TPSA) is 85.7 Å². The lowest BCUT2D eigenvalue weighted by atomic mass is 9.99. The standard InChI is InChI=1S/C18H22N4O3/c1-13(2)22-16(23)18(20-17(22)24)7-8-21(12-18)9-10-25-15-6-4-3-5-14(15)11-19/h3-6,13H,7-10,12H2,1-2H3,(H,20,24)/t18-/m1/s1. The summed E-state index contributed by atoms with van der Waals surface area (Å²) < 4.78 is 5.70. The Morgan fingerprint density at radius 2 is 2.12 bits per heavy atom. The van der Waals surface area contributed by atoms with Crippen LogP contribution in [0.15, 0.2) is 24.3 Å². The molecule has 0 saturated carbocycles. The molecule has 2 aliphatic rings. The minimum Gasteiger partial charge on any atom is -0.491 e. The summed E-state index contributed by atoms with van der Waals surface area (Å²) in [6.45, 7) is 5.94. The second kappa shape index (κ2) is 6.73. The van der Waals surface area contributed by atoms with E-state index in [0.29, 0.717) is 37.4 Å². The Kier molecular flexibility index (Phi) is 4.64. The van der Waals surface area contributed by atoms with Crippen LogP contribution in [0.1, 0.15) is 25.8 Å². The van der Waals surface area contributed by atoms with E-state index in [1.807, 2.05) is 19.9 Å². The Morgan fingerprint density at radius 3 is 2.80 bits per heavy atom. The number of benzene rings is 1. The number of likely N-dealkylation sites (tertiary alicyclic amines) is 1. The van der Waals surface area contributed by atoms with E-state index in [-0.39, 0.29) is 18.0 Å². The van der Waals surface area contributed by atoms with Gasteiger partial charge in [0.05, 0.1) is 5.56 Å². The molecule has 1 N–H and O–H groups in total. The van der Waals surface area contributed by atoms with Gasteiger partial charge < -0.3 is 10.1 Å². The van der Waals surface area contributed by atoms with Crippen LogP contribution in [0.2, 0.25) is 0 Å². The third kappa shape index (κ3) is 3.17. The van der Waals surface area contributed by atoms with Crippen LogP contribution in [0, 0.1) is 11.3 Å². The summed E-state index contributed by atoms with van der Waals surface area (Å²) in [5.74, 6) is 0.431. The molecule has 25 heavy (non-hydrogen) atoms. The molecule has 2 fully saturated rings. The van der Waals surface area contributed by atoms with Crippen LogP contribution in [0.4, 0.5) is 4.79 Å². The Morgan fingerprint density at radius 1 is 1.36 bits per heavy atom. The van der Waals surface area contributed by atoms with Crippen molar-refractivity contribution >= 4 is 11.9 Å². The van der Waals surface area contributed by atoms with Crippen molar-refractivity contribution in [1.29, 1.82) is 5.26 Å². The maximum Gasteiger partial charge on any atom is 0.325 e. The molecule has 1 atom stereocenters. The summed E-state index contributed by atoms with van der Waals surface area (Å²) >= 11 is 0. The first-order chi connectivity index (χ1) is 12.0. The Labute approximate surface area is 147 Å².